The van der Waals surface area contributed by atoms with Crippen molar-refractivity contribution in [2.75, 3.05) is 26.8 Å². The van der Waals surface area contributed by atoms with Gasteiger partial charge in [0.1, 0.15) is 0 Å². The van der Waals surface area contributed by atoms with E-state index in [4.69, 9.17) is 5.11 Å². The highest BCUT2D eigenvalue weighted by Gasteiger charge is 2.43. The standard InChI is InChI=1S/C8H15NO4/c1-13-7(11)8(12,6-10)9-4-2-3-5-9/h10,12H,2-6H2,1H3. The van der Waals surface area contributed by atoms with Gasteiger partial charge in [-0.2, -0.15) is 0 Å². The summed E-state index contributed by atoms with van der Waals surface area (Å²) < 4.78 is 4.43. The molecular formula is C8H15NO4. The molecule has 0 spiro atoms. The number of rotatable bonds is 3. The van der Waals surface area contributed by atoms with Crippen molar-refractivity contribution in [1.29, 1.82) is 0 Å². The first-order chi connectivity index (χ1) is 6.15. The number of carbonyl (C=O) groups is 1. The van der Waals surface area contributed by atoms with Crippen LogP contribution in [0.4, 0.5) is 0 Å². The van der Waals surface area contributed by atoms with Crippen LogP contribution in [0.2, 0.25) is 0 Å². The maximum Gasteiger partial charge on any atom is 0.356 e. The number of methoxy groups -OCH3 is 1. The van der Waals surface area contributed by atoms with Gasteiger partial charge >= 0.3 is 5.97 Å². The van der Waals surface area contributed by atoms with Gasteiger partial charge in [0.25, 0.3) is 0 Å². The van der Waals surface area contributed by atoms with Crippen molar-refractivity contribution >= 4 is 5.97 Å². The molecule has 0 aromatic heterocycles. The summed E-state index contributed by atoms with van der Waals surface area (Å²) in [5.41, 5.74) is -1.84. The molecule has 2 N–H and O–H groups in total. The van der Waals surface area contributed by atoms with E-state index in [2.05, 4.69) is 4.74 Å². The number of carbonyl (C=O) groups excluding carboxylic acids is 1. The maximum absolute atomic E-state index is 11.2. The van der Waals surface area contributed by atoms with Gasteiger partial charge in [0.15, 0.2) is 0 Å². The summed E-state index contributed by atoms with van der Waals surface area (Å²) in [5, 5.41) is 18.7. The van der Waals surface area contributed by atoms with Gasteiger partial charge in [-0.15, -0.1) is 0 Å². The van der Waals surface area contributed by atoms with E-state index >= 15 is 0 Å². The summed E-state index contributed by atoms with van der Waals surface area (Å²) in [5.74, 6) is -0.795. The third-order valence-electron chi connectivity index (χ3n) is 2.36. The summed E-state index contributed by atoms with van der Waals surface area (Å²) in [7, 11) is 1.19. The zero-order chi connectivity index (χ0) is 9.90. The SMILES string of the molecule is COC(=O)C(O)(CO)N1CCCC1. The van der Waals surface area contributed by atoms with E-state index < -0.39 is 18.3 Å². The molecule has 0 radical (unpaired) electrons. The zero-order valence-corrected chi connectivity index (χ0v) is 7.69. The first kappa shape index (κ1) is 10.4. The molecule has 0 bridgehead atoms. The van der Waals surface area contributed by atoms with Gasteiger partial charge in [0.05, 0.1) is 13.7 Å². The molecule has 1 unspecified atom stereocenters. The largest absolute Gasteiger partial charge is 0.466 e. The second kappa shape index (κ2) is 4.04. The van der Waals surface area contributed by atoms with Crippen LogP contribution in [0.3, 0.4) is 0 Å². The molecule has 0 saturated carbocycles. The molecule has 1 aliphatic rings. The Morgan fingerprint density at radius 2 is 2.08 bits per heavy atom. The monoisotopic (exact) mass is 189 g/mol. The number of likely N-dealkylation sites (tertiary alicyclic amines) is 1. The summed E-state index contributed by atoms with van der Waals surface area (Å²) in [6.45, 7) is 0.609. The predicted molar refractivity (Wildman–Crippen MR) is 44.9 cm³/mol. The number of aliphatic hydroxyl groups is 2. The molecule has 5 heteroatoms. The number of ether oxygens (including phenoxy) is 1. The van der Waals surface area contributed by atoms with Gasteiger partial charge in [-0.25, -0.2) is 4.79 Å². The number of aliphatic hydroxyl groups excluding tert-OH is 1. The highest BCUT2D eigenvalue weighted by Crippen LogP contribution is 2.19. The average Bonchev–Trinajstić information content (AvgIpc) is 2.68. The average molecular weight is 189 g/mol. The lowest BCUT2D eigenvalue weighted by Gasteiger charge is -2.32. The molecule has 76 valence electrons. The summed E-state index contributed by atoms with van der Waals surface area (Å²) in [4.78, 5) is 12.7. The summed E-state index contributed by atoms with van der Waals surface area (Å²) in [6.07, 6.45) is 1.86. The third kappa shape index (κ3) is 1.82. The molecule has 0 aliphatic carbocycles. The van der Waals surface area contributed by atoms with Gasteiger partial charge in [0, 0.05) is 13.1 Å². The lowest BCUT2D eigenvalue weighted by atomic mass is 10.2. The molecular weight excluding hydrogens is 174 g/mol. The fourth-order valence-electron chi connectivity index (χ4n) is 1.54. The number of hydrogen-bond donors (Lipinski definition) is 2. The minimum Gasteiger partial charge on any atom is -0.466 e. The normalized spacial score (nSPS) is 22.7. The van der Waals surface area contributed by atoms with Crippen LogP contribution in [0, 0.1) is 0 Å². The fraction of sp³-hybridized carbons (Fsp3) is 0.875. The molecule has 1 rings (SSSR count). The van der Waals surface area contributed by atoms with Gasteiger partial charge < -0.3 is 14.9 Å². The Hall–Kier alpha value is -0.650. The van der Waals surface area contributed by atoms with E-state index in [1.807, 2.05) is 0 Å². The van der Waals surface area contributed by atoms with Gasteiger partial charge in [-0.3, -0.25) is 4.90 Å². The van der Waals surface area contributed by atoms with E-state index in [0.29, 0.717) is 13.1 Å². The third-order valence-corrected chi connectivity index (χ3v) is 2.36. The summed E-state index contributed by atoms with van der Waals surface area (Å²) >= 11 is 0. The molecule has 0 aromatic carbocycles. The zero-order valence-electron chi connectivity index (χ0n) is 7.69. The van der Waals surface area contributed by atoms with Crippen molar-refractivity contribution in [2.24, 2.45) is 0 Å². The molecule has 13 heavy (non-hydrogen) atoms. The van der Waals surface area contributed by atoms with E-state index in [1.165, 1.54) is 7.11 Å². The molecule has 0 amide bonds. The minimum atomic E-state index is -1.84. The van der Waals surface area contributed by atoms with Crippen molar-refractivity contribution in [3.63, 3.8) is 0 Å². The van der Waals surface area contributed by atoms with E-state index in [9.17, 15) is 9.90 Å². The number of hydrogen-bond acceptors (Lipinski definition) is 5. The predicted octanol–water partition coefficient (Wildman–Crippen LogP) is -1.06. The van der Waals surface area contributed by atoms with E-state index in [0.717, 1.165) is 12.8 Å². The molecule has 5 nitrogen and oxygen atoms in total. The fourth-order valence-corrected chi connectivity index (χ4v) is 1.54. The van der Waals surface area contributed by atoms with Crippen LogP contribution in [0.15, 0.2) is 0 Å². The Morgan fingerprint density at radius 1 is 1.54 bits per heavy atom. The van der Waals surface area contributed by atoms with Crippen molar-refractivity contribution in [3.05, 3.63) is 0 Å². The van der Waals surface area contributed by atoms with Crippen LogP contribution >= 0.6 is 0 Å². The van der Waals surface area contributed by atoms with Crippen LogP contribution in [-0.4, -0.2) is 53.6 Å². The van der Waals surface area contributed by atoms with Crippen molar-refractivity contribution < 1.29 is 19.7 Å². The van der Waals surface area contributed by atoms with Crippen molar-refractivity contribution in [2.45, 2.75) is 18.6 Å². The maximum atomic E-state index is 11.2. The minimum absolute atomic E-state index is 0.617. The first-order valence-electron chi connectivity index (χ1n) is 4.32. The molecule has 1 heterocycles. The Balaban J connectivity index is 2.72. The van der Waals surface area contributed by atoms with E-state index in [1.54, 1.807) is 4.90 Å². The van der Waals surface area contributed by atoms with Crippen LogP contribution in [0.25, 0.3) is 0 Å². The van der Waals surface area contributed by atoms with Gasteiger partial charge in [0.2, 0.25) is 5.72 Å². The second-order valence-electron chi connectivity index (χ2n) is 3.16. The lowest BCUT2D eigenvalue weighted by Crippen LogP contribution is -2.56. The van der Waals surface area contributed by atoms with Crippen LogP contribution < -0.4 is 0 Å². The lowest BCUT2D eigenvalue weighted by molar-refractivity contribution is -0.192. The molecule has 1 atom stereocenters. The highest BCUT2D eigenvalue weighted by atomic mass is 16.5. The molecule has 1 aliphatic heterocycles. The van der Waals surface area contributed by atoms with Crippen molar-refractivity contribution in [1.82, 2.24) is 4.90 Å². The summed E-state index contributed by atoms with van der Waals surface area (Å²) in [6, 6.07) is 0. The van der Waals surface area contributed by atoms with E-state index in [-0.39, 0.29) is 0 Å². The second-order valence-corrected chi connectivity index (χ2v) is 3.16. The van der Waals surface area contributed by atoms with Gasteiger partial charge in [-0.1, -0.05) is 0 Å². The Bertz CT molecular complexity index is 191. The Labute approximate surface area is 76.9 Å². The quantitative estimate of drug-likeness (QED) is 0.554. The number of esters is 1. The molecule has 1 fully saturated rings. The smallest absolute Gasteiger partial charge is 0.356 e. The van der Waals surface area contributed by atoms with Crippen LogP contribution in [0.1, 0.15) is 12.8 Å². The Kier molecular flexibility index (Phi) is 3.24. The van der Waals surface area contributed by atoms with Crippen LogP contribution in [-0.2, 0) is 9.53 Å². The topological polar surface area (TPSA) is 70.0 Å². The molecule has 0 aromatic rings. The van der Waals surface area contributed by atoms with Crippen LogP contribution in [0.5, 0.6) is 0 Å². The molecule has 1 saturated heterocycles. The highest BCUT2D eigenvalue weighted by molar-refractivity contribution is 5.78. The first-order valence-corrected chi connectivity index (χ1v) is 4.32. The Morgan fingerprint density at radius 3 is 2.46 bits per heavy atom. The van der Waals surface area contributed by atoms with Crippen molar-refractivity contribution in [3.8, 4) is 0 Å². The number of nitrogens with zero attached hydrogens (tertiary/aromatic N) is 1. The van der Waals surface area contributed by atoms with Gasteiger partial charge in [-0.05, 0) is 12.8 Å².